The monoisotopic (exact) mass is 340 g/mol. The zero-order valence-electron chi connectivity index (χ0n) is 13.7. The van der Waals surface area contributed by atoms with Gasteiger partial charge in [-0.15, -0.1) is 0 Å². The fourth-order valence-electron chi connectivity index (χ4n) is 2.73. The Labute approximate surface area is 142 Å². The maximum atomic E-state index is 13.0. The van der Waals surface area contributed by atoms with E-state index in [-0.39, 0.29) is 22.3 Å². The van der Waals surface area contributed by atoms with E-state index in [0.717, 1.165) is 0 Å². The molecule has 0 aliphatic rings. The number of aromatic hydroxyl groups is 1. The first-order valence-electron chi connectivity index (χ1n) is 7.66. The summed E-state index contributed by atoms with van der Waals surface area (Å²) in [4.78, 5) is 24.6. The van der Waals surface area contributed by atoms with E-state index >= 15 is 0 Å². The van der Waals surface area contributed by atoms with Crippen molar-refractivity contribution < 1.29 is 24.2 Å². The summed E-state index contributed by atoms with van der Waals surface area (Å²) >= 11 is 0. The third-order valence-corrected chi connectivity index (χ3v) is 4.05. The largest absolute Gasteiger partial charge is 0.508 e. The normalized spacial score (nSPS) is 10.8. The Morgan fingerprint density at radius 2 is 1.88 bits per heavy atom. The maximum Gasteiger partial charge on any atom is 0.372 e. The minimum absolute atomic E-state index is 0.0320. The van der Waals surface area contributed by atoms with Crippen LogP contribution in [0.4, 0.5) is 0 Å². The van der Waals surface area contributed by atoms with Gasteiger partial charge in [0.05, 0.1) is 18.1 Å². The number of fused-ring (bicyclic) bond motifs is 1. The highest BCUT2D eigenvalue weighted by molar-refractivity contribution is 5.97. The third kappa shape index (κ3) is 2.82. The number of ether oxygens (including phenoxy) is 1. The molecule has 1 aromatic heterocycles. The van der Waals surface area contributed by atoms with Crippen LogP contribution in [0.5, 0.6) is 11.5 Å². The summed E-state index contributed by atoms with van der Waals surface area (Å²) in [5.41, 5.74) is 0.548. The summed E-state index contributed by atoms with van der Waals surface area (Å²) in [6.45, 7) is 1.85. The molecule has 0 saturated carbocycles. The minimum Gasteiger partial charge on any atom is -0.508 e. The summed E-state index contributed by atoms with van der Waals surface area (Å²) in [7, 11) is 1.51. The number of phenolic OH excluding ortho intramolecular Hbond substituents is 1. The molecule has 0 saturated heterocycles. The van der Waals surface area contributed by atoms with Crippen LogP contribution in [0, 0.1) is 0 Å². The first kappa shape index (κ1) is 16.6. The van der Waals surface area contributed by atoms with Gasteiger partial charge in [0.25, 0.3) is 0 Å². The third-order valence-electron chi connectivity index (χ3n) is 4.05. The van der Waals surface area contributed by atoms with Gasteiger partial charge in [-0.05, 0) is 35.7 Å². The van der Waals surface area contributed by atoms with Gasteiger partial charge in [0, 0.05) is 6.07 Å². The molecule has 0 bridgehead atoms. The van der Waals surface area contributed by atoms with Crippen molar-refractivity contribution in [2.45, 2.75) is 13.3 Å². The Hall–Kier alpha value is -3.28. The van der Waals surface area contributed by atoms with E-state index in [1.54, 1.807) is 24.3 Å². The highest BCUT2D eigenvalue weighted by atomic mass is 16.5. The first-order valence-corrected chi connectivity index (χ1v) is 7.66. The Morgan fingerprint density at radius 1 is 1.20 bits per heavy atom. The molecular weight excluding hydrogens is 324 g/mol. The van der Waals surface area contributed by atoms with Gasteiger partial charge in [-0.3, -0.25) is 4.79 Å². The van der Waals surface area contributed by atoms with Crippen molar-refractivity contribution >= 4 is 16.9 Å². The fourth-order valence-corrected chi connectivity index (χ4v) is 2.73. The van der Waals surface area contributed by atoms with E-state index in [4.69, 9.17) is 9.15 Å². The molecule has 0 aliphatic carbocycles. The maximum absolute atomic E-state index is 13.0. The van der Waals surface area contributed by atoms with E-state index < -0.39 is 17.2 Å². The lowest BCUT2D eigenvalue weighted by Crippen LogP contribution is -2.13. The lowest BCUT2D eigenvalue weighted by Gasteiger charge is -2.10. The SMILES string of the molecule is CCc1cc2c(=O)c(-c3ccc(OC)cc3)c(C(=O)O)oc2cc1O. The Morgan fingerprint density at radius 3 is 2.44 bits per heavy atom. The summed E-state index contributed by atoms with van der Waals surface area (Å²) < 4.78 is 10.5. The average molecular weight is 340 g/mol. The van der Waals surface area contributed by atoms with Crippen molar-refractivity contribution in [1.82, 2.24) is 0 Å². The summed E-state index contributed by atoms with van der Waals surface area (Å²) in [5, 5.41) is 19.6. The van der Waals surface area contributed by atoms with Crippen LogP contribution in [0.3, 0.4) is 0 Å². The molecule has 128 valence electrons. The summed E-state index contributed by atoms with van der Waals surface area (Å²) in [6, 6.07) is 9.29. The van der Waals surface area contributed by atoms with Gasteiger partial charge in [0.1, 0.15) is 17.1 Å². The van der Waals surface area contributed by atoms with Crippen molar-refractivity contribution in [1.29, 1.82) is 0 Å². The standard InChI is InChI=1S/C19H16O6/c1-3-10-8-13-15(9-14(10)20)25-18(19(22)23)16(17(13)21)11-4-6-12(24-2)7-5-11/h4-9,20H,3H2,1-2H3,(H,22,23). The predicted octanol–water partition coefficient (Wildman–Crippen LogP) is 3.43. The van der Waals surface area contributed by atoms with Crippen molar-refractivity contribution in [3.8, 4) is 22.6 Å². The number of methoxy groups -OCH3 is 1. The van der Waals surface area contributed by atoms with Crippen LogP contribution in [-0.4, -0.2) is 23.3 Å². The number of aryl methyl sites for hydroxylation is 1. The molecule has 0 aliphatic heterocycles. The van der Waals surface area contributed by atoms with Crippen LogP contribution in [0.1, 0.15) is 23.0 Å². The quantitative estimate of drug-likeness (QED) is 0.755. The molecule has 2 aromatic carbocycles. The molecule has 3 aromatic rings. The molecule has 0 amide bonds. The molecule has 3 rings (SSSR count). The van der Waals surface area contributed by atoms with E-state index in [9.17, 15) is 19.8 Å². The van der Waals surface area contributed by atoms with Crippen LogP contribution < -0.4 is 10.2 Å². The van der Waals surface area contributed by atoms with Gasteiger partial charge in [-0.25, -0.2) is 4.79 Å². The molecule has 0 fully saturated rings. The highest BCUT2D eigenvalue weighted by Gasteiger charge is 2.22. The van der Waals surface area contributed by atoms with Crippen LogP contribution in [-0.2, 0) is 6.42 Å². The number of carboxylic acids is 1. The Bertz CT molecular complexity index is 1010. The number of phenols is 1. The van der Waals surface area contributed by atoms with E-state index in [0.29, 0.717) is 23.3 Å². The van der Waals surface area contributed by atoms with Crippen molar-refractivity contribution in [3.05, 3.63) is 57.9 Å². The molecule has 0 radical (unpaired) electrons. The second kappa shape index (κ2) is 6.32. The first-order chi connectivity index (χ1) is 12.0. The van der Waals surface area contributed by atoms with Gasteiger partial charge in [-0.2, -0.15) is 0 Å². The number of carboxylic acid groups (broad SMARTS) is 1. The highest BCUT2D eigenvalue weighted by Crippen LogP contribution is 2.29. The second-order valence-electron chi connectivity index (χ2n) is 5.50. The fraction of sp³-hybridized carbons (Fsp3) is 0.158. The lowest BCUT2D eigenvalue weighted by atomic mass is 10.00. The van der Waals surface area contributed by atoms with Crippen molar-refractivity contribution in [2.75, 3.05) is 7.11 Å². The molecular formula is C19H16O6. The Balaban J connectivity index is 2.37. The zero-order chi connectivity index (χ0) is 18.1. The molecule has 0 atom stereocenters. The Kier molecular flexibility index (Phi) is 4.19. The summed E-state index contributed by atoms with van der Waals surface area (Å²) in [5.74, 6) is -1.27. The number of hydrogen-bond donors (Lipinski definition) is 2. The molecule has 1 heterocycles. The lowest BCUT2D eigenvalue weighted by molar-refractivity contribution is 0.0664. The van der Waals surface area contributed by atoms with Gasteiger partial charge in [0.2, 0.25) is 11.2 Å². The molecule has 0 spiro atoms. The molecule has 0 unspecified atom stereocenters. The number of hydrogen-bond acceptors (Lipinski definition) is 5. The van der Waals surface area contributed by atoms with E-state index in [2.05, 4.69) is 0 Å². The molecule has 6 heteroatoms. The van der Waals surface area contributed by atoms with Crippen LogP contribution >= 0.6 is 0 Å². The van der Waals surface area contributed by atoms with Gasteiger partial charge >= 0.3 is 5.97 Å². The number of rotatable bonds is 4. The minimum atomic E-state index is -1.36. The second-order valence-corrected chi connectivity index (χ2v) is 5.50. The van der Waals surface area contributed by atoms with Gasteiger partial charge < -0.3 is 19.4 Å². The van der Waals surface area contributed by atoms with E-state index in [1.807, 2.05) is 6.92 Å². The van der Waals surface area contributed by atoms with Gasteiger partial charge in [-0.1, -0.05) is 19.1 Å². The molecule has 25 heavy (non-hydrogen) atoms. The van der Waals surface area contributed by atoms with Crippen LogP contribution in [0.15, 0.2) is 45.6 Å². The topological polar surface area (TPSA) is 97.0 Å². The molecule has 6 nitrogen and oxygen atoms in total. The predicted molar refractivity (Wildman–Crippen MR) is 92.5 cm³/mol. The van der Waals surface area contributed by atoms with E-state index in [1.165, 1.54) is 19.2 Å². The van der Waals surface area contributed by atoms with Crippen LogP contribution in [0.2, 0.25) is 0 Å². The van der Waals surface area contributed by atoms with Crippen LogP contribution in [0.25, 0.3) is 22.1 Å². The molecule has 2 N–H and O–H groups in total. The zero-order valence-corrected chi connectivity index (χ0v) is 13.7. The number of carbonyl (C=O) groups is 1. The van der Waals surface area contributed by atoms with Crippen molar-refractivity contribution in [3.63, 3.8) is 0 Å². The average Bonchev–Trinajstić information content (AvgIpc) is 2.61. The smallest absolute Gasteiger partial charge is 0.372 e. The van der Waals surface area contributed by atoms with Crippen molar-refractivity contribution in [2.24, 2.45) is 0 Å². The summed E-state index contributed by atoms with van der Waals surface area (Å²) in [6.07, 6.45) is 0.528. The number of benzene rings is 2. The number of aromatic carboxylic acids is 1. The van der Waals surface area contributed by atoms with Gasteiger partial charge in [0.15, 0.2) is 0 Å².